The molecule has 2 nitrogen and oxygen atoms in total. The Bertz CT molecular complexity index is 211. The lowest BCUT2D eigenvalue weighted by Gasteiger charge is -2.02. The number of halogens is 1. The Kier molecular flexibility index (Phi) is 2.85. The van der Waals surface area contributed by atoms with Crippen molar-refractivity contribution in [2.75, 3.05) is 6.54 Å². The van der Waals surface area contributed by atoms with Gasteiger partial charge in [-0.2, -0.15) is 0 Å². The third kappa shape index (κ3) is 1.79. The van der Waals surface area contributed by atoms with Gasteiger partial charge < -0.3 is 11.5 Å². The average Bonchev–Trinajstić information content (AvgIpc) is 2.34. The van der Waals surface area contributed by atoms with Crippen molar-refractivity contribution in [1.29, 1.82) is 0 Å². The molecule has 0 radical (unpaired) electrons. The van der Waals surface area contributed by atoms with E-state index >= 15 is 0 Å². The van der Waals surface area contributed by atoms with Crippen LogP contribution in [0.25, 0.3) is 0 Å². The molecule has 10 heavy (non-hydrogen) atoms. The molecule has 0 aliphatic rings. The largest absolute Gasteiger partial charge is 0.329 e. The first-order valence-electron chi connectivity index (χ1n) is 2.95. The number of hydrogen-bond donors (Lipinski definition) is 2. The molecule has 0 aliphatic heterocycles. The second-order valence-electron chi connectivity index (χ2n) is 1.98. The van der Waals surface area contributed by atoms with Crippen LogP contribution in [0.2, 0.25) is 0 Å². The molecule has 0 fully saturated rings. The standard InChI is InChI=1S/C6H9BrN2S/c7-6-2-1-5(10-6)4(9)3-8/h1-2,4H,3,8-9H2. The molecule has 1 aromatic heterocycles. The van der Waals surface area contributed by atoms with Crippen molar-refractivity contribution in [1.82, 2.24) is 0 Å². The Labute approximate surface area is 72.3 Å². The zero-order valence-electron chi connectivity index (χ0n) is 5.38. The van der Waals surface area contributed by atoms with Gasteiger partial charge in [-0.3, -0.25) is 0 Å². The highest BCUT2D eigenvalue weighted by Crippen LogP contribution is 2.25. The Balaban J connectivity index is 2.74. The van der Waals surface area contributed by atoms with Gasteiger partial charge in [0.05, 0.1) is 9.83 Å². The first-order chi connectivity index (χ1) is 4.74. The topological polar surface area (TPSA) is 52.0 Å². The maximum atomic E-state index is 5.67. The van der Waals surface area contributed by atoms with E-state index in [4.69, 9.17) is 11.5 Å². The molecular formula is C6H9BrN2S. The third-order valence-electron chi connectivity index (χ3n) is 1.21. The summed E-state index contributed by atoms with van der Waals surface area (Å²) in [6.07, 6.45) is 0. The highest BCUT2D eigenvalue weighted by molar-refractivity contribution is 9.11. The van der Waals surface area contributed by atoms with Gasteiger partial charge in [0.25, 0.3) is 0 Å². The van der Waals surface area contributed by atoms with Crippen LogP contribution in [0.15, 0.2) is 15.9 Å². The average molecular weight is 221 g/mol. The summed E-state index contributed by atoms with van der Waals surface area (Å²) in [5.74, 6) is 0. The molecule has 4 N–H and O–H groups in total. The zero-order chi connectivity index (χ0) is 7.56. The summed E-state index contributed by atoms with van der Waals surface area (Å²) < 4.78 is 1.10. The van der Waals surface area contributed by atoms with Crippen molar-refractivity contribution in [3.63, 3.8) is 0 Å². The molecule has 1 rings (SSSR count). The number of thiophene rings is 1. The summed E-state index contributed by atoms with van der Waals surface area (Å²) in [5, 5.41) is 0. The molecular weight excluding hydrogens is 212 g/mol. The van der Waals surface area contributed by atoms with E-state index in [-0.39, 0.29) is 6.04 Å². The van der Waals surface area contributed by atoms with E-state index in [1.165, 1.54) is 0 Å². The van der Waals surface area contributed by atoms with Gasteiger partial charge >= 0.3 is 0 Å². The molecule has 1 heterocycles. The van der Waals surface area contributed by atoms with Gasteiger partial charge in [0, 0.05) is 11.4 Å². The predicted octanol–water partition coefficient (Wildman–Crippen LogP) is 1.47. The summed E-state index contributed by atoms with van der Waals surface area (Å²) in [5.41, 5.74) is 11.1. The lowest BCUT2D eigenvalue weighted by atomic mass is 10.3. The number of nitrogens with two attached hydrogens (primary N) is 2. The minimum Gasteiger partial charge on any atom is -0.329 e. The van der Waals surface area contributed by atoms with Crippen LogP contribution in [0.4, 0.5) is 0 Å². The lowest BCUT2D eigenvalue weighted by molar-refractivity contribution is 0.752. The first-order valence-corrected chi connectivity index (χ1v) is 4.56. The lowest BCUT2D eigenvalue weighted by Crippen LogP contribution is -2.19. The zero-order valence-corrected chi connectivity index (χ0v) is 7.78. The van der Waals surface area contributed by atoms with Gasteiger partial charge in [-0.15, -0.1) is 11.3 Å². The van der Waals surface area contributed by atoms with Crippen LogP contribution in [-0.2, 0) is 0 Å². The fraction of sp³-hybridized carbons (Fsp3) is 0.333. The summed E-state index contributed by atoms with van der Waals surface area (Å²) in [7, 11) is 0. The third-order valence-corrected chi connectivity index (χ3v) is 2.97. The molecule has 0 aliphatic carbocycles. The Morgan fingerprint density at radius 1 is 1.60 bits per heavy atom. The minimum atomic E-state index is -0.00343. The molecule has 1 aromatic rings. The van der Waals surface area contributed by atoms with Crippen LogP contribution in [0, 0.1) is 0 Å². The van der Waals surface area contributed by atoms with E-state index in [0.717, 1.165) is 8.66 Å². The Morgan fingerprint density at radius 2 is 2.30 bits per heavy atom. The SMILES string of the molecule is NCC(N)c1ccc(Br)s1. The highest BCUT2D eigenvalue weighted by Gasteiger charge is 2.04. The van der Waals surface area contributed by atoms with Gasteiger partial charge in [0.15, 0.2) is 0 Å². The van der Waals surface area contributed by atoms with Crippen molar-refractivity contribution < 1.29 is 0 Å². The minimum absolute atomic E-state index is 0.00343. The molecule has 0 amide bonds. The van der Waals surface area contributed by atoms with E-state index < -0.39 is 0 Å². The van der Waals surface area contributed by atoms with Crippen LogP contribution in [-0.4, -0.2) is 6.54 Å². The predicted molar refractivity (Wildman–Crippen MR) is 48.0 cm³/mol. The van der Waals surface area contributed by atoms with E-state index in [9.17, 15) is 0 Å². The molecule has 1 unspecified atom stereocenters. The summed E-state index contributed by atoms with van der Waals surface area (Å²) in [6, 6.07) is 3.97. The van der Waals surface area contributed by atoms with Crippen molar-refractivity contribution in [2.24, 2.45) is 11.5 Å². The van der Waals surface area contributed by atoms with Crippen LogP contribution < -0.4 is 11.5 Å². The second-order valence-corrected chi connectivity index (χ2v) is 4.48. The monoisotopic (exact) mass is 220 g/mol. The highest BCUT2D eigenvalue weighted by atomic mass is 79.9. The second kappa shape index (κ2) is 3.48. The molecule has 0 spiro atoms. The van der Waals surface area contributed by atoms with Gasteiger partial charge in [-0.05, 0) is 28.1 Å². The van der Waals surface area contributed by atoms with Crippen LogP contribution in [0.5, 0.6) is 0 Å². The fourth-order valence-corrected chi connectivity index (χ4v) is 2.08. The molecule has 56 valence electrons. The molecule has 0 saturated heterocycles. The van der Waals surface area contributed by atoms with Gasteiger partial charge in [0.2, 0.25) is 0 Å². The van der Waals surface area contributed by atoms with E-state index in [2.05, 4.69) is 15.9 Å². The van der Waals surface area contributed by atoms with Crippen LogP contribution in [0.1, 0.15) is 10.9 Å². The fourth-order valence-electron chi connectivity index (χ4n) is 0.644. The van der Waals surface area contributed by atoms with Crippen LogP contribution in [0.3, 0.4) is 0 Å². The maximum absolute atomic E-state index is 5.67. The van der Waals surface area contributed by atoms with Crippen LogP contribution >= 0.6 is 27.3 Å². The molecule has 0 aromatic carbocycles. The van der Waals surface area contributed by atoms with Crippen molar-refractivity contribution in [3.05, 3.63) is 20.8 Å². The van der Waals surface area contributed by atoms with E-state index in [0.29, 0.717) is 6.54 Å². The molecule has 1 atom stereocenters. The van der Waals surface area contributed by atoms with Gasteiger partial charge in [-0.25, -0.2) is 0 Å². The maximum Gasteiger partial charge on any atom is 0.0701 e. The Hall–Kier alpha value is 0.1000. The molecule has 0 saturated carbocycles. The normalized spacial score (nSPS) is 13.5. The molecule has 4 heteroatoms. The van der Waals surface area contributed by atoms with Gasteiger partial charge in [-0.1, -0.05) is 0 Å². The molecule has 0 bridgehead atoms. The number of rotatable bonds is 2. The van der Waals surface area contributed by atoms with Crippen molar-refractivity contribution >= 4 is 27.3 Å². The van der Waals surface area contributed by atoms with E-state index in [1.807, 2.05) is 12.1 Å². The quantitative estimate of drug-likeness (QED) is 0.794. The Morgan fingerprint density at radius 3 is 2.70 bits per heavy atom. The van der Waals surface area contributed by atoms with Crippen molar-refractivity contribution in [2.45, 2.75) is 6.04 Å². The van der Waals surface area contributed by atoms with Gasteiger partial charge in [0.1, 0.15) is 0 Å². The first kappa shape index (κ1) is 8.20. The summed E-state index contributed by atoms with van der Waals surface area (Å²) in [4.78, 5) is 1.13. The van der Waals surface area contributed by atoms with E-state index in [1.54, 1.807) is 11.3 Å². The van der Waals surface area contributed by atoms with Crippen molar-refractivity contribution in [3.8, 4) is 0 Å². The number of hydrogen-bond acceptors (Lipinski definition) is 3. The smallest absolute Gasteiger partial charge is 0.0701 e. The summed E-state index contributed by atoms with van der Waals surface area (Å²) in [6.45, 7) is 0.507. The summed E-state index contributed by atoms with van der Waals surface area (Å²) >= 11 is 4.98.